The minimum Gasteiger partial charge on any atom is -0.481 e. The van der Waals surface area contributed by atoms with Crippen molar-refractivity contribution in [3.05, 3.63) is 35.6 Å². The van der Waals surface area contributed by atoms with Gasteiger partial charge >= 0.3 is 12.0 Å². The Labute approximate surface area is 117 Å². The summed E-state index contributed by atoms with van der Waals surface area (Å²) < 4.78 is 12.8. The normalized spacial score (nSPS) is 11.0. The topological polar surface area (TPSA) is 69.6 Å². The van der Waals surface area contributed by atoms with E-state index >= 15 is 0 Å². The second kappa shape index (κ2) is 6.36. The minimum atomic E-state index is -1.02. The molecule has 5 nitrogen and oxygen atoms in total. The standard InChI is InChI=1S/C14H19FN2O3/c1-14(2,12(18)19)9-16-13(20)17(3)8-10-4-6-11(15)7-5-10/h4-7H,8-9H2,1-3H3,(H,16,20)(H,18,19). The first kappa shape index (κ1) is 15.9. The molecule has 1 aromatic rings. The molecule has 2 amide bonds. The fourth-order valence-corrected chi connectivity index (χ4v) is 1.44. The van der Waals surface area contributed by atoms with Crippen LogP contribution in [0.5, 0.6) is 0 Å². The smallest absolute Gasteiger partial charge is 0.317 e. The fourth-order valence-electron chi connectivity index (χ4n) is 1.44. The fraction of sp³-hybridized carbons (Fsp3) is 0.429. The van der Waals surface area contributed by atoms with Crippen LogP contribution in [0.1, 0.15) is 19.4 Å². The number of carboxylic acid groups (broad SMARTS) is 1. The third-order valence-electron chi connectivity index (χ3n) is 2.94. The van der Waals surface area contributed by atoms with E-state index in [0.717, 1.165) is 5.56 Å². The van der Waals surface area contributed by atoms with Crippen LogP contribution in [0.3, 0.4) is 0 Å². The summed E-state index contributed by atoms with van der Waals surface area (Å²) in [6, 6.07) is 5.48. The van der Waals surface area contributed by atoms with Crippen LogP contribution in [0, 0.1) is 11.2 Å². The van der Waals surface area contributed by atoms with E-state index < -0.39 is 11.4 Å². The maximum absolute atomic E-state index is 12.8. The van der Waals surface area contributed by atoms with Gasteiger partial charge < -0.3 is 15.3 Å². The number of carbonyl (C=O) groups is 2. The van der Waals surface area contributed by atoms with Crippen LogP contribution < -0.4 is 5.32 Å². The van der Waals surface area contributed by atoms with Gasteiger partial charge in [0.2, 0.25) is 0 Å². The van der Waals surface area contributed by atoms with Crippen LogP contribution >= 0.6 is 0 Å². The molecule has 0 atom stereocenters. The first-order chi connectivity index (χ1) is 9.22. The van der Waals surface area contributed by atoms with Crippen LogP contribution in [-0.4, -0.2) is 35.6 Å². The molecule has 2 N–H and O–H groups in total. The molecular weight excluding hydrogens is 263 g/mol. The molecule has 0 saturated carbocycles. The lowest BCUT2D eigenvalue weighted by molar-refractivity contribution is -0.146. The average molecular weight is 282 g/mol. The van der Waals surface area contributed by atoms with Gasteiger partial charge in [0, 0.05) is 20.1 Å². The van der Waals surface area contributed by atoms with Crippen molar-refractivity contribution in [1.29, 1.82) is 0 Å². The number of benzene rings is 1. The van der Waals surface area contributed by atoms with Gasteiger partial charge in [0.05, 0.1) is 5.41 Å². The predicted molar refractivity (Wildman–Crippen MR) is 72.7 cm³/mol. The Hall–Kier alpha value is -2.11. The second-order valence-electron chi connectivity index (χ2n) is 5.33. The zero-order valence-corrected chi connectivity index (χ0v) is 11.8. The second-order valence-corrected chi connectivity index (χ2v) is 5.33. The largest absolute Gasteiger partial charge is 0.481 e. The van der Waals surface area contributed by atoms with Crippen molar-refractivity contribution in [2.24, 2.45) is 5.41 Å². The molecule has 6 heteroatoms. The van der Waals surface area contributed by atoms with E-state index in [4.69, 9.17) is 5.11 Å². The van der Waals surface area contributed by atoms with Crippen molar-refractivity contribution in [1.82, 2.24) is 10.2 Å². The Balaban J connectivity index is 2.51. The van der Waals surface area contributed by atoms with Crippen LogP contribution in [0.4, 0.5) is 9.18 Å². The Kier molecular flexibility index (Phi) is 5.07. The molecule has 20 heavy (non-hydrogen) atoms. The third-order valence-corrected chi connectivity index (χ3v) is 2.94. The van der Waals surface area contributed by atoms with Crippen molar-refractivity contribution in [3.63, 3.8) is 0 Å². The third kappa shape index (κ3) is 4.53. The highest BCUT2D eigenvalue weighted by Gasteiger charge is 2.28. The van der Waals surface area contributed by atoms with Gasteiger partial charge in [0.15, 0.2) is 0 Å². The van der Waals surface area contributed by atoms with Crippen LogP contribution in [-0.2, 0) is 11.3 Å². The molecule has 0 saturated heterocycles. The number of halogens is 1. The van der Waals surface area contributed by atoms with E-state index in [0.29, 0.717) is 6.54 Å². The summed E-state index contributed by atoms with van der Waals surface area (Å²) in [4.78, 5) is 24.2. The Morgan fingerprint density at radius 1 is 1.30 bits per heavy atom. The summed E-state index contributed by atoms with van der Waals surface area (Å²) in [5.41, 5.74) is -0.228. The molecule has 0 aliphatic heterocycles. The van der Waals surface area contributed by atoms with Crippen molar-refractivity contribution < 1.29 is 19.1 Å². The number of carboxylic acids is 1. The van der Waals surface area contributed by atoms with Crippen molar-refractivity contribution in [3.8, 4) is 0 Å². The Morgan fingerprint density at radius 2 is 1.85 bits per heavy atom. The van der Waals surface area contributed by atoms with Gasteiger partial charge in [-0.15, -0.1) is 0 Å². The maximum Gasteiger partial charge on any atom is 0.317 e. The molecule has 1 rings (SSSR count). The summed E-state index contributed by atoms with van der Waals surface area (Å²) in [6.07, 6.45) is 0. The average Bonchev–Trinajstić information content (AvgIpc) is 2.38. The van der Waals surface area contributed by atoms with E-state index in [1.807, 2.05) is 0 Å². The summed E-state index contributed by atoms with van der Waals surface area (Å²) in [5.74, 6) is -1.30. The van der Waals surface area contributed by atoms with E-state index in [1.165, 1.54) is 30.9 Å². The Morgan fingerprint density at radius 3 is 2.35 bits per heavy atom. The van der Waals surface area contributed by atoms with E-state index in [2.05, 4.69) is 5.32 Å². The molecule has 0 unspecified atom stereocenters. The van der Waals surface area contributed by atoms with E-state index in [9.17, 15) is 14.0 Å². The predicted octanol–water partition coefficient (Wildman–Crippen LogP) is 2.08. The summed E-state index contributed by atoms with van der Waals surface area (Å²) >= 11 is 0. The number of hydrogen-bond acceptors (Lipinski definition) is 2. The van der Waals surface area contributed by atoms with E-state index in [1.54, 1.807) is 19.2 Å². The number of nitrogens with one attached hydrogen (secondary N) is 1. The molecule has 110 valence electrons. The zero-order chi connectivity index (χ0) is 15.3. The van der Waals surface area contributed by atoms with Crippen LogP contribution in [0.15, 0.2) is 24.3 Å². The monoisotopic (exact) mass is 282 g/mol. The summed E-state index contributed by atoms with van der Waals surface area (Å²) in [5, 5.41) is 11.5. The summed E-state index contributed by atoms with van der Waals surface area (Å²) in [6.45, 7) is 3.43. The van der Waals surface area contributed by atoms with Gasteiger partial charge in [-0.05, 0) is 31.5 Å². The van der Waals surface area contributed by atoms with Gasteiger partial charge in [-0.3, -0.25) is 4.79 Å². The van der Waals surface area contributed by atoms with Crippen molar-refractivity contribution in [2.45, 2.75) is 20.4 Å². The van der Waals surface area contributed by atoms with Gasteiger partial charge in [-0.1, -0.05) is 12.1 Å². The molecule has 0 spiro atoms. The molecule has 0 aromatic heterocycles. The molecule has 0 heterocycles. The number of hydrogen-bond donors (Lipinski definition) is 2. The SMILES string of the molecule is CN(Cc1ccc(F)cc1)C(=O)NCC(C)(C)C(=O)O. The van der Waals surface area contributed by atoms with E-state index in [-0.39, 0.29) is 18.4 Å². The maximum atomic E-state index is 12.8. The van der Waals surface area contributed by atoms with Crippen molar-refractivity contribution >= 4 is 12.0 Å². The number of aliphatic carboxylic acids is 1. The molecule has 0 bridgehead atoms. The number of nitrogens with zero attached hydrogens (tertiary/aromatic N) is 1. The van der Waals surface area contributed by atoms with Gasteiger partial charge in [0.25, 0.3) is 0 Å². The molecule has 1 aromatic carbocycles. The number of carbonyl (C=O) groups excluding carboxylic acids is 1. The first-order valence-electron chi connectivity index (χ1n) is 6.19. The van der Waals surface area contributed by atoms with Gasteiger partial charge in [-0.25, -0.2) is 9.18 Å². The van der Waals surface area contributed by atoms with Crippen LogP contribution in [0.25, 0.3) is 0 Å². The first-order valence-corrected chi connectivity index (χ1v) is 6.19. The highest BCUT2D eigenvalue weighted by Crippen LogP contribution is 2.13. The molecular formula is C14H19FN2O3. The number of urea groups is 1. The number of amides is 2. The highest BCUT2D eigenvalue weighted by molar-refractivity contribution is 5.77. The lowest BCUT2D eigenvalue weighted by Crippen LogP contribution is -2.43. The highest BCUT2D eigenvalue weighted by atomic mass is 19.1. The summed E-state index contributed by atoms with van der Waals surface area (Å²) in [7, 11) is 1.59. The lowest BCUT2D eigenvalue weighted by Gasteiger charge is -2.23. The lowest BCUT2D eigenvalue weighted by atomic mass is 9.94. The molecule has 0 aliphatic carbocycles. The molecule has 0 radical (unpaired) electrons. The molecule has 0 aliphatic rings. The van der Waals surface area contributed by atoms with Crippen molar-refractivity contribution in [2.75, 3.05) is 13.6 Å². The molecule has 0 fully saturated rings. The quantitative estimate of drug-likeness (QED) is 0.868. The Bertz CT molecular complexity index is 486. The van der Waals surface area contributed by atoms with Gasteiger partial charge in [-0.2, -0.15) is 0 Å². The van der Waals surface area contributed by atoms with Gasteiger partial charge in [0.1, 0.15) is 5.82 Å². The van der Waals surface area contributed by atoms with Crippen LogP contribution in [0.2, 0.25) is 0 Å². The number of rotatable bonds is 5. The minimum absolute atomic E-state index is 0.0366. The zero-order valence-electron chi connectivity index (χ0n) is 11.8.